The summed E-state index contributed by atoms with van der Waals surface area (Å²) in [5, 5.41) is 1.19. The van der Waals surface area contributed by atoms with Crippen LogP contribution in [0.3, 0.4) is 0 Å². The van der Waals surface area contributed by atoms with E-state index in [1.54, 1.807) is 0 Å². The normalized spacial score (nSPS) is 11.7. The Kier molecular flexibility index (Phi) is 2.48. The Bertz CT molecular complexity index is 474. The van der Waals surface area contributed by atoms with Gasteiger partial charge in [-0.1, -0.05) is 37.8 Å². The fourth-order valence-electron chi connectivity index (χ4n) is 1.52. The monoisotopic (exact) mass is 216 g/mol. The molecular formula is C12H16N2Si. The minimum Gasteiger partial charge on any atom is -0.396 e. The Balaban J connectivity index is 2.39. The van der Waals surface area contributed by atoms with E-state index < -0.39 is 8.24 Å². The van der Waals surface area contributed by atoms with Crippen LogP contribution in [0.2, 0.25) is 19.6 Å². The number of benzene rings is 1. The molecule has 78 valence electrons. The van der Waals surface area contributed by atoms with Crippen molar-refractivity contribution in [3.05, 3.63) is 36.4 Å². The van der Waals surface area contributed by atoms with Crippen LogP contribution in [-0.2, 0) is 0 Å². The number of nitrogens with zero attached hydrogens (tertiary/aromatic N) is 1. The molecule has 1 N–H and O–H groups in total. The summed E-state index contributed by atoms with van der Waals surface area (Å²) in [6, 6.07) is 12.4. The highest BCUT2D eigenvalue weighted by molar-refractivity contribution is 6.79. The standard InChI is InChI=1S/C12H16N2Si/c1-15(2,3)14-12-9-8-10-6-4-5-7-11(10)13-12/h4-9H,1-3H3,(H,13,14). The van der Waals surface area contributed by atoms with Crippen LogP contribution in [0.5, 0.6) is 0 Å². The van der Waals surface area contributed by atoms with Crippen LogP contribution in [0.1, 0.15) is 0 Å². The van der Waals surface area contributed by atoms with E-state index in [1.807, 2.05) is 18.2 Å². The molecule has 2 rings (SSSR count). The van der Waals surface area contributed by atoms with Gasteiger partial charge in [0.2, 0.25) is 0 Å². The average Bonchev–Trinajstić information content (AvgIpc) is 2.15. The largest absolute Gasteiger partial charge is 0.396 e. The molecule has 0 aliphatic rings. The minimum absolute atomic E-state index is 0.993. The second kappa shape index (κ2) is 3.66. The third-order valence-corrected chi connectivity index (χ3v) is 3.11. The van der Waals surface area contributed by atoms with Gasteiger partial charge in [0.1, 0.15) is 14.1 Å². The number of para-hydroxylation sites is 1. The second-order valence-corrected chi connectivity index (χ2v) is 9.51. The third kappa shape index (κ3) is 2.56. The average molecular weight is 216 g/mol. The van der Waals surface area contributed by atoms with Crippen molar-refractivity contribution in [3.63, 3.8) is 0 Å². The lowest BCUT2D eigenvalue weighted by atomic mass is 10.2. The molecule has 0 fully saturated rings. The van der Waals surface area contributed by atoms with Crippen LogP contribution in [0.25, 0.3) is 10.9 Å². The van der Waals surface area contributed by atoms with Crippen LogP contribution in [-0.4, -0.2) is 13.2 Å². The first-order valence-electron chi connectivity index (χ1n) is 5.19. The number of aromatic nitrogens is 1. The van der Waals surface area contributed by atoms with Crippen molar-refractivity contribution in [1.82, 2.24) is 4.98 Å². The molecular weight excluding hydrogens is 200 g/mol. The Morgan fingerprint density at radius 1 is 1.00 bits per heavy atom. The molecule has 0 amide bonds. The quantitative estimate of drug-likeness (QED) is 0.777. The highest BCUT2D eigenvalue weighted by Gasteiger charge is 2.13. The number of hydrogen-bond donors (Lipinski definition) is 1. The molecule has 0 spiro atoms. The lowest BCUT2D eigenvalue weighted by Crippen LogP contribution is -2.32. The van der Waals surface area contributed by atoms with E-state index in [4.69, 9.17) is 0 Å². The van der Waals surface area contributed by atoms with Gasteiger partial charge in [-0.05, 0) is 18.2 Å². The number of rotatable bonds is 2. The van der Waals surface area contributed by atoms with Gasteiger partial charge in [-0.3, -0.25) is 0 Å². The summed E-state index contributed by atoms with van der Waals surface area (Å²) in [7, 11) is -1.30. The van der Waals surface area contributed by atoms with Gasteiger partial charge in [-0.15, -0.1) is 0 Å². The lowest BCUT2D eigenvalue weighted by molar-refractivity contribution is 1.38. The number of anilines is 1. The van der Waals surface area contributed by atoms with Gasteiger partial charge in [-0.25, -0.2) is 4.98 Å². The summed E-state index contributed by atoms with van der Waals surface area (Å²) in [5.41, 5.74) is 1.06. The Morgan fingerprint density at radius 3 is 2.47 bits per heavy atom. The predicted molar refractivity (Wildman–Crippen MR) is 68.7 cm³/mol. The Labute approximate surface area is 91.4 Å². The number of nitrogens with one attached hydrogen (secondary N) is 1. The summed E-state index contributed by atoms with van der Waals surface area (Å²) in [5.74, 6) is 0.993. The molecule has 0 radical (unpaired) electrons. The molecule has 2 aromatic rings. The van der Waals surface area contributed by atoms with Gasteiger partial charge in [-0.2, -0.15) is 0 Å². The summed E-state index contributed by atoms with van der Waals surface area (Å²) in [4.78, 5) is 8.09. The molecule has 0 saturated heterocycles. The van der Waals surface area contributed by atoms with Crippen molar-refractivity contribution in [1.29, 1.82) is 0 Å². The maximum atomic E-state index is 4.58. The van der Waals surface area contributed by atoms with E-state index in [0.717, 1.165) is 11.3 Å². The first-order valence-corrected chi connectivity index (χ1v) is 8.69. The van der Waals surface area contributed by atoms with Crippen molar-refractivity contribution in [3.8, 4) is 0 Å². The first-order chi connectivity index (χ1) is 7.04. The smallest absolute Gasteiger partial charge is 0.145 e. The Hall–Kier alpha value is -1.35. The van der Waals surface area contributed by atoms with Crippen LogP contribution in [0.4, 0.5) is 5.82 Å². The zero-order valence-corrected chi connectivity index (χ0v) is 10.4. The zero-order chi connectivity index (χ0) is 10.9. The molecule has 0 aliphatic carbocycles. The van der Waals surface area contributed by atoms with E-state index >= 15 is 0 Å². The molecule has 1 aromatic carbocycles. The molecule has 1 aromatic heterocycles. The van der Waals surface area contributed by atoms with Gasteiger partial charge >= 0.3 is 0 Å². The minimum atomic E-state index is -1.30. The Morgan fingerprint density at radius 2 is 1.73 bits per heavy atom. The van der Waals surface area contributed by atoms with Crippen molar-refractivity contribution >= 4 is 25.0 Å². The summed E-state index contributed by atoms with van der Waals surface area (Å²) in [6.07, 6.45) is 0. The number of hydrogen-bond acceptors (Lipinski definition) is 2. The van der Waals surface area contributed by atoms with Crippen LogP contribution < -0.4 is 4.98 Å². The predicted octanol–water partition coefficient (Wildman–Crippen LogP) is 3.48. The maximum Gasteiger partial charge on any atom is 0.145 e. The summed E-state index contributed by atoms with van der Waals surface area (Å²) < 4.78 is 0. The topological polar surface area (TPSA) is 24.9 Å². The number of pyridine rings is 1. The fourth-order valence-corrected chi connectivity index (χ4v) is 2.43. The van der Waals surface area contributed by atoms with E-state index in [0.29, 0.717) is 0 Å². The van der Waals surface area contributed by atoms with E-state index in [1.165, 1.54) is 5.39 Å². The number of fused-ring (bicyclic) bond motifs is 1. The molecule has 0 bridgehead atoms. The highest BCUT2D eigenvalue weighted by Crippen LogP contribution is 2.16. The van der Waals surface area contributed by atoms with Crippen molar-refractivity contribution in [2.45, 2.75) is 19.6 Å². The van der Waals surface area contributed by atoms with Crippen LogP contribution >= 0.6 is 0 Å². The highest BCUT2D eigenvalue weighted by atomic mass is 28.3. The summed E-state index contributed by atoms with van der Waals surface area (Å²) >= 11 is 0. The first kappa shape index (κ1) is 10.2. The molecule has 0 saturated carbocycles. The van der Waals surface area contributed by atoms with E-state index in [9.17, 15) is 0 Å². The molecule has 15 heavy (non-hydrogen) atoms. The molecule has 0 unspecified atom stereocenters. The molecule has 0 aliphatic heterocycles. The lowest BCUT2D eigenvalue weighted by Gasteiger charge is -2.18. The van der Waals surface area contributed by atoms with E-state index in [-0.39, 0.29) is 0 Å². The van der Waals surface area contributed by atoms with Gasteiger partial charge in [0, 0.05) is 5.39 Å². The molecule has 1 heterocycles. The van der Waals surface area contributed by atoms with E-state index in [2.05, 4.69) is 47.8 Å². The zero-order valence-electron chi connectivity index (χ0n) is 9.41. The van der Waals surface area contributed by atoms with Gasteiger partial charge in [0.25, 0.3) is 0 Å². The second-order valence-electron chi connectivity index (χ2n) is 4.76. The van der Waals surface area contributed by atoms with Crippen LogP contribution in [0.15, 0.2) is 36.4 Å². The van der Waals surface area contributed by atoms with Gasteiger partial charge < -0.3 is 4.98 Å². The van der Waals surface area contributed by atoms with Crippen molar-refractivity contribution in [2.75, 3.05) is 4.98 Å². The third-order valence-electron chi connectivity index (χ3n) is 2.10. The molecule has 0 atom stereocenters. The SMILES string of the molecule is C[Si](C)(C)Nc1ccc2ccccc2n1. The van der Waals surface area contributed by atoms with Gasteiger partial charge in [0.05, 0.1) is 5.52 Å². The fraction of sp³-hybridized carbons (Fsp3) is 0.250. The molecule has 2 nitrogen and oxygen atoms in total. The van der Waals surface area contributed by atoms with Crippen LogP contribution in [0, 0.1) is 0 Å². The van der Waals surface area contributed by atoms with Gasteiger partial charge in [0.15, 0.2) is 0 Å². The maximum absolute atomic E-state index is 4.58. The van der Waals surface area contributed by atoms with Crippen molar-refractivity contribution in [2.24, 2.45) is 0 Å². The molecule has 3 heteroatoms. The van der Waals surface area contributed by atoms with Crippen molar-refractivity contribution < 1.29 is 0 Å². The summed E-state index contributed by atoms with van der Waals surface area (Å²) in [6.45, 7) is 6.80.